The first-order valence-corrected chi connectivity index (χ1v) is 7.65. The van der Waals surface area contributed by atoms with Gasteiger partial charge in [-0.2, -0.15) is 0 Å². The number of para-hydroxylation sites is 2. The van der Waals surface area contributed by atoms with Gasteiger partial charge in [-0.1, -0.05) is 25.0 Å². The molecule has 2 rings (SSSR count). The number of likely N-dealkylation sites (tertiary alicyclic amines) is 1. The molecule has 0 aromatic heterocycles. The molecule has 4 N–H and O–H groups in total. The van der Waals surface area contributed by atoms with E-state index < -0.39 is 0 Å². The molecule has 5 nitrogen and oxygen atoms in total. The van der Waals surface area contributed by atoms with E-state index in [1.54, 1.807) is 12.1 Å². The van der Waals surface area contributed by atoms with Crippen LogP contribution in [-0.4, -0.2) is 41.1 Å². The average Bonchev–Trinajstić information content (AvgIpc) is 2.73. The van der Waals surface area contributed by atoms with Crippen LogP contribution in [0.2, 0.25) is 0 Å². The van der Waals surface area contributed by atoms with Crippen LogP contribution in [0.5, 0.6) is 0 Å². The fourth-order valence-corrected chi connectivity index (χ4v) is 2.90. The highest BCUT2D eigenvalue weighted by Crippen LogP contribution is 2.21. The molecule has 2 atom stereocenters. The predicted molar refractivity (Wildman–Crippen MR) is 85.0 cm³/mol. The van der Waals surface area contributed by atoms with E-state index in [4.69, 9.17) is 5.73 Å². The highest BCUT2D eigenvalue weighted by atomic mass is 16.3. The number of carbonyl (C=O) groups excluding carboxylic acids is 1. The van der Waals surface area contributed by atoms with E-state index in [0.29, 0.717) is 11.4 Å². The number of aliphatic hydroxyl groups excluding tert-OH is 1. The highest BCUT2D eigenvalue weighted by molar-refractivity contribution is 5.97. The van der Waals surface area contributed by atoms with E-state index >= 15 is 0 Å². The van der Waals surface area contributed by atoms with E-state index in [9.17, 15) is 9.90 Å². The molecule has 1 saturated heterocycles. The summed E-state index contributed by atoms with van der Waals surface area (Å²) in [5.74, 6) is -0.0757. The molecule has 2 unspecified atom stereocenters. The maximum absolute atomic E-state index is 12.4. The van der Waals surface area contributed by atoms with Crippen molar-refractivity contribution in [3.05, 3.63) is 24.3 Å². The molecular weight excluding hydrogens is 266 g/mol. The van der Waals surface area contributed by atoms with Gasteiger partial charge >= 0.3 is 0 Å². The third-order valence-corrected chi connectivity index (χ3v) is 4.23. The highest BCUT2D eigenvalue weighted by Gasteiger charge is 2.28. The van der Waals surface area contributed by atoms with Crippen molar-refractivity contribution in [2.24, 2.45) is 0 Å². The molecule has 0 bridgehead atoms. The van der Waals surface area contributed by atoms with Crippen LogP contribution in [0.3, 0.4) is 0 Å². The van der Waals surface area contributed by atoms with Gasteiger partial charge in [-0.05, 0) is 38.4 Å². The fourth-order valence-electron chi connectivity index (χ4n) is 2.90. The van der Waals surface area contributed by atoms with Gasteiger partial charge < -0.3 is 16.2 Å². The van der Waals surface area contributed by atoms with E-state index in [2.05, 4.69) is 10.2 Å². The lowest BCUT2D eigenvalue weighted by atomic mass is 10.1. The van der Waals surface area contributed by atoms with Gasteiger partial charge in [0.05, 0.1) is 24.0 Å². The average molecular weight is 291 g/mol. The van der Waals surface area contributed by atoms with Gasteiger partial charge in [0.15, 0.2) is 0 Å². The van der Waals surface area contributed by atoms with Crippen molar-refractivity contribution in [2.75, 3.05) is 24.2 Å². The van der Waals surface area contributed by atoms with E-state index in [-0.39, 0.29) is 24.6 Å². The molecular formula is C16H25N3O2. The van der Waals surface area contributed by atoms with Crippen LogP contribution < -0.4 is 11.1 Å². The monoisotopic (exact) mass is 291 g/mol. The number of hydrogen-bond acceptors (Lipinski definition) is 4. The first-order chi connectivity index (χ1) is 10.1. The number of hydrogen-bond donors (Lipinski definition) is 3. The van der Waals surface area contributed by atoms with E-state index in [1.807, 2.05) is 19.1 Å². The van der Waals surface area contributed by atoms with Crippen molar-refractivity contribution in [1.82, 2.24) is 4.90 Å². The Morgan fingerprint density at radius 3 is 2.90 bits per heavy atom. The van der Waals surface area contributed by atoms with E-state index in [1.165, 1.54) is 0 Å². The molecule has 116 valence electrons. The number of nitrogen functional groups attached to an aromatic ring is 1. The summed E-state index contributed by atoms with van der Waals surface area (Å²) < 4.78 is 0. The Morgan fingerprint density at radius 1 is 1.43 bits per heavy atom. The standard InChI is InChI=1S/C16H25N3O2/c1-12(19-10-6-2-3-7-13(19)11-20)16(21)18-15-9-5-4-8-14(15)17/h4-5,8-9,12-13,20H,2-3,6-7,10-11,17H2,1H3,(H,18,21). The van der Waals surface area contributed by atoms with Gasteiger partial charge in [0.1, 0.15) is 0 Å². The van der Waals surface area contributed by atoms with Crippen LogP contribution in [0.4, 0.5) is 11.4 Å². The molecule has 21 heavy (non-hydrogen) atoms. The number of nitrogens with zero attached hydrogens (tertiary/aromatic N) is 1. The van der Waals surface area contributed by atoms with E-state index in [0.717, 1.165) is 32.2 Å². The van der Waals surface area contributed by atoms with Crippen molar-refractivity contribution in [1.29, 1.82) is 0 Å². The lowest BCUT2D eigenvalue weighted by molar-refractivity contribution is -0.121. The minimum atomic E-state index is -0.278. The summed E-state index contributed by atoms with van der Waals surface area (Å²) in [4.78, 5) is 14.6. The lowest BCUT2D eigenvalue weighted by Crippen LogP contribution is -2.49. The Bertz CT molecular complexity index is 478. The number of carbonyl (C=O) groups is 1. The summed E-state index contributed by atoms with van der Waals surface area (Å²) >= 11 is 0. The molecule has 5 heteroatoms. The third kappa shape index (κ3) is 3.95. The second-order valence-corrected chi connectivity index (χ2v) is 5.68. The molecule has 1 aromatic carbocycles. The molecule has 0 spiro atoms. The summed E-state index contributed by atoms with van der Waals surface area (Å²) in [5.41, 5.74) is 7.06. The van der Waals surface area contributed by atoms with Crippen LogP contribution in [0.15, 0.2) is 24.3 Å². The van der Waals surface area contributed by atoms with Crippen molar-refractivity contribution in [2.45, 2.75) is 44.7 Å². The number of anilines is 2. The van der Waals surface area contributed by atoms with Crippen molar-refractivity contribution >= 4 is 17.3 Å². The summed E-state index contributed by atoms with van der Waals surface area (Å²) in [7, 11) is 0. The van der Waals surface area contributed by atoms with Crippen molar-refractivity contribution in [3.63, 3.8) is 0 Å². The Labute approximate surface area is 126 Å². The van der Waals surface area contributed by atoms with Gasteiger partial charge in [-0.3, -0.25) is 9.69 Å². The quantitative estimate of drug-likeness (QED) is 0.740. The Balaban J connectivity index is 2.05. The van der Waals surface area contributed by atoms with Crippen LogP contribution in [0.25, 0.3) is 0 Å². The molecule has 1 fully saturated rings. The predicted octanol–water partition coefficient (Wildman–Crippen LogP) is 1.83. The summed E-state index contributed by atoms with van der Waals surface area (Å²) in [6, 6.07) is 7.04. The van der Waals surface area contributed by atoms with Crippen LogP contribution in [-0.2, 0) is 4.79 Å². The minimum absolute atomic E-state index is 0.0707. The Morgan fingerprint density at radius 2 is 2.19 bits per heavy atom. The van der Waals surface area contributed by atoms with Crippen LogP contribution in [0.1, 0.15) is 32.6 Å². The molecule has 1 amide bonds. The zero-order valence-corrected chi connectivity index (χ0v) is 12.6. The fraction of sp³-hybridized carbons (Fsp3) is 0.562. The molecule has 1 aliphatic heterocycles. The topological polar surface area (TPSA) is 78.6 Å². The minimum Gasteiger partial charge on any atom is -0.397 e. The maximum atomic E-state index is 12.4. The SMILES string of the molecule is CC(C(=O)Nc1ccccc1N)N1CCCCCC1CO. The van der Waals surface area contributed by atoms with Gasteiger partial charge in [0, 0.05) is 6.04 Å². The number of amides is 1. The summed E-state index contributed by atoms with van der Waals surface area (Å²) in [6.45, 7) is 2.84. The normalized spacial score (nSPS) is 21.5. The summed E-state index contributed by atoms with van der Waals surface area (Å²) in [6.07, 6.45) is 4.29. The number of nitrogens with two attached hydrogens (primary N) is 1. The number of rotatable bonds is 4. The zero-order valence-electron chi connectivity index (χ0n) is 12.6. The largest absolute Gasteiger partial charge is 0.397 e. The first-order valence-electron chi connectivity index (χ1n) is 7.65. The van der Waals surface area contributed by atoms with Crippen LogP contribution in [0, 0.1) is 0 Å². The van der Waals surface area contributed by atoms with Crippen molar-refractivity contribution in [3.8, 4) is 0 Å². The molecule has 0 aliphatic carbocycles. The van der Waals surface area contributed by atoms with Crippen molar-refractivity contribution < 1.29 is 9.90 Å². The number of benzene rings is 1. The molecule has 1 aromatic rings. The Kier molecular flexibility index (Phi) is 5.59. The molecule has 0 radical (unpaired) electrons. The zero-order chi connectivity index (χ0) is 15.2. The summed E-state index contributed by atoms with van der Waals surface area (Å²) in [5, 5.41) is 12.4. The smallest absolute Gasteiger partial charge is 0.241 e. The lowest BCUT2D eigenvalue weighted by Gasteiger charge is -2.33. The first kappa shape index (κ1) is 15.8. The van der Waals surface area contributed by atoms with Gasteiger partial charge in [-0.15, -0.1) is 0 Å². The third-order valence-electron chi connectivity index (χ3n) is 4.23. The molecule has 1 aliphatic rings. The second-order valence-electron chi connectivity index (χ2n) is 5.68. The number of nitrogens with one attached hydrogen (secondary N) is 1. The van der Waals surface area contributed by atoms with Crippen LogP contribution >= 0.6 is 0 Å². The van der Waals surface area contributed by atoms with Gasteiger partial charge in [0.2, 0.25) is 5.91 Å². The maximum Gasteiger partial charge on any atom is 0.241 e. The van der Waals surface area contributed by atoms with Gasteiger partial charge in [0.25, 0.3) is 0 Å². The van der Waals surface area contributed by atoms with Gasteiger partial charge in [-0.25, -0.2) is 0 Å². The molecule has 0 saturated carbocycles. The Hall–Kier alpha value is -1.59. The second kappa shape index (κ2) is 7.43. The number of aliphatic hydroxyl groups is 1. The molecule has 1 heterocycles.